The van der Waals surface area contributed by atoms with E-state index in [1.807, 2.05) is 20.8 Å². The van der Waals surface area contributed by atoms with Gasteiger partial charge in [0.15, 0.2) is 0 Å². The lowest BCUT2D eigenvalue weighted by molar-refractivity contribution is -0.163. The molecule has 2 bridgehead atoms. The average molecular weight is 211 g/mol. The maximum Gasteiger partial charge on any atom is 0.326 e. The Morgan fingerprint density at radius 1 is 1.47 bits per heavy atom. The van der Waals surface area contributed by atoms with Gasteiger partial charge < -0.3 is 10.1 Å². The molecule has 1 saturated heterocycles. The van der Waals surface area contributed by atoms with Crippen molar-refractivity contribution in [2.75, 3.05) is 6.54 Å². The van der Waals surface area contributed by atoms with Crippen LogP contribution in [0.5, 0.6) is 0 Å². The molecule has 3 heteroatoms. The second kappa shape index (κ2) is 3.48. The number of nitrogens with one attached hydrogen (secondary N) is 1. The monoisotopic (exact) mass is 211 g/mol. The molecule has 0 amide bonds. The highest BCUT2D eigenvalue weighted by atomic mass is 16.6. The molecule has 0 aromatic carbocycles. The van der Waals surface area contributed by atoms with Gasteiger partial charge in [-0.25, -0.2) is 0 Å². The summed E-state index contributed by atoms with van der Waals surface area (Å²) in [5, 5.41) is 3.38. The lowest BCUT2D eigenvalue weighted by Crippen LogP contribution is -2.51. The Morgan fingerprint density at radius 2 is 2.20 bits per heavy atom. The van der Waals surface area contributed by atoms with E-state index < -0.39 is 0 Å². The van der Waals surface area contributed by atoms with Crippen molar-refractivity contribution >= 4 is 5.97 Å². The molecule has 2 unspecified atom stereocenters. The second-order valence-electron chi connectivity index (χ2n) is 5.93. The summed E-state index contributed by atoms with van der Waals surface area (Å²) < 4.78 is 5.50. The van der Waals surface area contributed by atoms with Crippen LogP contribution < -0.4 is 5.32 Å². The van der Waals surface area contributed by atoms with Gasteiger partial charge in [-0.05, 0) is 52.5 Å². The molecular weight excluding hydrogens is 190 g/mol. The van der Waals surface area contributed by atoms with E-state index >= 15 is 0 Å². The SMILES string of the molecule is CC(C)(C)OC(=O)C12CCCC(CN1)C2. The standard InChI is InChI=1S/C12H21NO2/c1-11(2,3)15-10(14)12-6-4-5-9(7-12)8-13-12/h9,13H,4-8H2,1-3H3. The van der Waals surface area contributed by atoms with Crippen LogP contribution in [-0.4, -0.2) is 23.7 Å². The number of hydrogen-bond donors (Lipinski definition) is 1. The molecule has 1 aliphatic heterocycles. The maximum absolute atomic E-state index is 12.1. The van der Waals surface area contributed by atoms with Gasteiger partial charge in [0.25, 0.3) is 0 Å². The third kappa shape index (κ3) is 2.17. The topological polar surface area (TPSA) is 38.3 Å². The normalized spacial score (nSPS) is 35.3. The fraction of sp³-hybridized carbons (Fsp3) is 0.917. The van der Waals surface area contributed by atoms with Crippen molar-refractivity contribution < 1.29 is 9.53 Å². The van der Waals surface area contributed by atoms with Crippen LogP contribution in [-0.2, 0) is 9.53 Å². The van der Waals surface area contributed by atoms with Crippen LogP contribution in [0.1, 0.15) is 46.5 Å². The molecule has 2 atom stereocenters. The van der Waals surface area contributed by atoms with Crippen molar-refractivity contribution in [2.24, 2.45) is 5.92 Å². The molecule has 2 aliphatic rings. The van der Waals surface area contributed by atoms with Crippen LogP contribution in [0, 0.1) is 5.92 Å². The molecule has 15 heavy (non-hydrogen) atoms. The largest absolute Gasteiger partial charge is 0.459 e. The number of ether oxygens (including phenoxy) is 1. The zero-order chi connectivity index (χ0) is 11.1. The first-order valence-electron chi connectivity index (χ1n) is 5.90. The summed E-state index contributed by atoms with van der Waals surface area (Å²) in [6.45, 7) is 6.77. The summed E-state index contributed by atoms with van der Waals surface area (Å²) in [7, 11) is 0. The molecule has 1 saturated carbocycles. The van der Waals surface area contributed by atoms with Gasteiger partial charge in [-0.2, -0.15) is 0 Å². The zero-order valence-electron chi connectivity index (χ0n) is 9.93. The highest BCUT2D eigenvalue weighted by Gasteiger charge is 2.49. The van der Waals surface area contributed by atoms with Gasteiger partial charge in [0.1, 0.15) is 11.1 Å². The molecule has 1 heterocycles. The quantitative estimate of drug-likeness (QED) is 0.673. The minimum Gasteiger partial charge on any atom is -0.459 e. The Kier molecular flexibility index (Phi) is 2.53. The van der Waals surface area contributed by atoms with Crippen LogP contribution in [0.3, 0.4) is 0 Å². The molecule has 1 N–H and O–H groups in total. The van der Waals surface area contributed by atoms with Crippen LogP contribution in [0.4, 0.5) is 0 Å². The summed E-state index contributed by atoms with van der Waals surface area (Å²) in [5.74, 6) is 0.642. The fourth-order valence-corrected chi connectivity index (χ4v) is 2.70. The van der Waals surface area contributed by atoms with E-state index in [-0.39, 0.29) is 17.1 Å². The first-order valence-corrected chi connectivity index (χ1v) is 5.90. The Bertz CT molecular complexity index is 265. The van der Waals surface area contributed by atoms with Crippen molar-refractivity contribution in [3.8, 4) is 0 Å². The molecule has 86 valence electrons. The van der Waals surface area contributed by atoms with Crippen molar-refractivity contribution in [3.63, 3.8) is 0 Å². The van der Waals surface area contributed by atoms with Crippen LogP contribution in [0.15, 0.2) is 0 Å². The molecule has 1 aliphatic carbocycles. The number of carbonyl (C=O) groups excluding carboxylic acids is 1. The van der Waals surface area contributed by atoms with E-state index in [0.717, 1.165) is 25.8 Å². The van der Waals surface area contributed by atoms with Gasteiger partial charge in [0.05, 0.1) is 0 Å². The molecular formula is C12H21NO2. The van der Waals surface area contributed by atoms with E-state index in [1.165, 1.54) is 6.42 Å². The predicted molar refractivity (Wildman–Crippen MR) is 58.5 cm³/mol. The molecule has 2 fully saturated rings. The predicted octanol–water partition coefficient (Wildman–Crippen LogP) is 1.86. The fourth-order valence-electron chi connectivity index (χ4n) is 2.70. The van der Waals surface area contributed by atoms with Crippen molar-refractivity contribution in [1.29, 1.82) is 0 Å². The van der Waals surface area contributed by atoms with Gasteiger partial charge in [-0.1, -0.05) is 6.42 Å². The Hall–Kier alpha value is -0.570. The van der Waals surface area contributed by atoms with Crippen molar-refractivity contribution in [3.05, 3.63) is 0 Å². The van der Waals surface area contributed by atoms with Crippen LogP contribution >= 0.6 is 0 Å². The molecule has 2 rings (SSSR count). The minimum absolute atomic E-state index is 0.0443. The molecule has 0 spiro atoms. The summed E-state index contributed by atoms with van der Waals surface area (Å²) >= 11 is 0. The van der Waals surface area contributed by atoms with E-state index in [1.54, 1.807) is 0 Å². The number of fused-ring (bicyclic) bond motifs is 2. The molecule has 0 radical (unpaired) electrons. The van der Waals surface area contributed by atoms with E-state index in [4.69, 9.17) is 4.74 Å². The third-order valence-corrected chi connectivity index (χ3v) is 3.37. The first kappa shape index (κ1) is 10.9. The van der Waals surface area contributed by atoms with Gasteiger partial charge in [-0.3, -0.25) is 4.79 Å². The van der Waals surface area contributed by atoms with Crippen molar-refractivity contribution in [2.45, 2.75) is 57.6 Å². The Balaban J connectivity index is 2.06. The van der Waals surface area contributed by atoms with Gasteiger partial charge in [-0.15, -0.1) is 0 Å². The Labute approximate surface area is 91.6 Å². The summed E-state index contributed by atoms with van der Waals surface area (Å²) in [5.41, 5.74) is -0.723. The van der Waals surface area contributed by atoms with Crippen molar-refractivity contribution in [1.82, 2.24) is 5.32 Å². The zero-order valence-corrected chi connectivity index (χ0v) is 9.93. The third-order valence-electron chi connectivity index (χ3n) is 3.37. The van der Waals surface area contributed by atoms with Gasteiger partial charge in [0, 0.05) is 0 Å². The van der Waals surface area contributed by atoms with E-state index in [2.05, 4.69) is 5.32 Å². The smallest absolute Gasteiger partial charge is 0.326 e. The highest BCUT2D eigenvalue weighted by molar-refractivity contribution is 5.82. The summed E-state index contributed by atoms with van der Waals surface area (Å²) in [6.07, 6.45) is 4.33. The average Bonchev–Trinajstić information content (AvgIpc) is 2.41. The van der Waals surface area contributed by atoms with E-state index in [0.29, 0.717) is 5.92 Å². The number of esters is 1. The molecule has 0 aromatic heterocycles. The van der Waals surface area contributed by atoms with Gasteiger partial charge in [0.2, 0.25) is 0 Å². The lowest BCUT2D eigenvalue weighted by atomic mass is 9.80. The minimum atomic E-state index is -0.372. The number of carbonyl (C=O) groups is 1. The van der Waals surface area contributed by atoms with Crippen LogP contribution in [0.2, 0.25) is 0 Å². The highest BCUT2D eigenvalue weighted by Crippen LogP contribution is 2.38. The molecule has 3 nitrogen and oxygen atoms in total. The van der Waals surface area contributed by atoms with Gasteiger partial charge >= 0.3 is 5.97 Å². The maximum atomic E-state index is 12.1. The number of hydrogen-bond acceptors (Lipinski definition) is 3. The van der Waals surface area contributed by atoms with E-state index in [9.17, 15) is 4.79 Å². The summed E-state index contributed by atoms with van der Waals surface area (Å²) in [6, 6.07) is 0. The lowest BCUT2D eigenvalue weighted by Gasteiger charge is -2.33. The number of rotatable bonds is 1. The molecule has 0 aromatic rings. The second-order valence-corrected chi connectivity index (χ2v) is 5.93. The first-order chi connectivity index (χ1) is 6.91. The Morgan fingerprint density at radius 3 is 2.87 bits per heavy atom. The van der Waals surface area contributed by atoms with Crippen LogP contribution in [0.25, 0.3) is 0 Å². The summed E-state index contributed by atoms with van der Waals surface area (Å²) in [4.78, 5) is 12.1.